The summed E-state index contributed by atoms with van der Waals surface area (Å²) in [5.41, 5.74) is 1.55. The van der Waals surface area contributed by atoms with Crippen LogP contribution in [0.3, 0.4) is 0 Å². The van der Waals surface area contributed by atoms with Crippen molar-refractivity contribution in [1.82, 2.24) is 9.47 Å². The van der Waals surface area contributed by atoms with Gasteiger partial charge in [-0.05, 0) is 42.7 Å². The van der Waals surface area contributed by atoms with Gasteiger partial charge in [0.05, 0.1) is 4.91 Å². The molecule has 1 fully saturated rings. The SMILES string of the molecule is CCCn1c(NCc2ccc(F)cc2)c(/C=C2/SC(=S)N(C)C2=O)c(C)c(C#N)c1=O. The Kier molecular flexibility index (Phi) is 6.93. The number of nitriles is 1. The number of thioether (sulfide) groups is 1. The minimum Gasteiger partial charge on any atom is -0.367 e. The first kappa shape index (κ1) is 22.7. The molecule has 6 nitrogen and oxygen atoms in total. The van der Waals surface area contributed by atoms with E-state index in [0.717, 1.165) is 5.56 Å². The van der Waals surface area contributed by atoms with Gasteiger partial charge >= 0.3 is 0 Å². The summed E-state index contributed by atoms with van der Waals surface area (Å²) in [6.45, 7) is 4.36. The highest BCUT2D eigenvalue weighted by Gasteiger charge is 2.30. The number of halogens is 1. The van der Waals surface area contributed by atoms with E-state index in [1.54, 1.807) is 32.2 Å². The molecule has 2 aromatic rings. The Bertz CT molecular complexity index is 1180. The number of nitrogens with zero attached hydrogens (tertiary/aromatic N) is 3. The van der Waals surface area contributed by atoms with Crippen molar-refractivity contribution in [3.05, 3.63) is 67.6 Å². The van der Waals surface area contributed by atoms with E-state index in [9.17, 15) is 19.2 Å². The molecule has 1 aromatic heterocycles. The van der Waals surface area contributed by atoms with E-state index in [0.29, 0.717) is 45.7 Å². The first-order chi connectivity index (χ1) is 14.8. The topological polar surface area (TPSA) is 78.1 Å². The highest BCUT2D eigenvalue weighted by atomic mass is 32.2. The largest absolute Gasteiger partial charge is 0.367 e. The minimum absolute atomic E-state index is 0.0407. The Morgan fingerprint density at radius 3 is 2.52 bits per heavy atom. The van der Waals surface area contributed by atoms with E-state index in [4.69, 9.17) is 12.2 Å². The fourth-order valence-electron chi connectivity index (χ4n) is 3.26. The molecule has 0 spiro atoms. The monoisotopic (exact) mass is 456 g/mol. The highest BCUT2D eigenvalue weighted by Crippen LogP contribution is 2.34. The average molecular weight is 457 g/mol. The zero-order chi connectivity index (χ0) is 22.7. The first-order valence-electron chi connectivity index (χ1n) is 9.65. The second-order valence-corrected chi connectivity index (χ2v) is 8.73. The number of nitrogens with one attached hydrogen (secondary N) is 1. The van der Waals surface area contributed by atoms with Gasteiger partial charge in [0.15, 0.2) is 0 Å². The molecule has 0 saturated carbocycles. The highest BCUT2D eigenvalue weighted by molar-refractivity contribution is 8.26. The van der Waals surface area contributed by atoms with Crippen molar-refractivity contribution in [1.29, 1.82) is 5.26 Å². The van der Waals surface area contributed by atoms with E-state index >= 15 is 0 Å². The molecule has 31 heavy (non-hydrogen) atoms. The van der Waals surface area contributed by atoms with E-state index in [1.807, 2.05) is 13.0 Å². The summed E-state index contributed by atoms with van der Waals surface area (Å²) in [5, 5.41) is 12.9. The van der Waals surface area contributed by atoms with Gasteiger partial charge in [0.1, 0.15) is 27.6 Å². The summed E-state index contributed by atoms with van der Waals surface area (Å²) in [7, 11) is 1.61. The molecule has 2 heterocycles. The molecule has 1 aliphatic heterocycles. The molecule has 0 atom stereocenters. The normalized spacial score (nSPS) is 14.9. The Morgan fingerprint density at radius 1 is 1.29 bits per heavy atom. The van der Waals surface area contributed by atoms with E-state index in [-0.39, 0.29) is 22.8 Å². The van der Waals surface area contributed by atoms with E-state index < -0.39 is 0 Å². The van der Waals surface area contributed by atoms with Crippen LogP contribution in [0, 0.1) is 24.1 Å². The van der Waals surface area contributed by atoms with Gasteiger partial charge < -0.3 is 5.32 Å². The minimum atomic E-state index is -0.386. The van der Waals surface area contributed by atoms with Crippen molar-refractivity contribution in [3.8, 4) is 6.07 Å². The Balaban J connectivity index is 2.17. The van der Waals surface area contributed by atoms with Crippen LogP contribution in [0.5, 0.6) is 0 Å². The number of hydrogen-bond acceptors (Lipinski definition) is 6. The maximum absolute atomic E-state index is 13.2. The van der Waals surface area contributed by atoms with E-state index in [2.05, 4.69) is 5.32 Å². The van der Waals surface area contributed by atoms with Crippen molar-refractivity contribution in [2.24, 2.45) is 0 Å². The number of pyridine rings is 1. The molecule has 3 rings (SSSR count). The smallest absolute Gasteiger partial charge is 0.270 e. The van der Waals surface area contributed by atoms with Gasteiger partial charge in [-0.3, -0.25) is 19.1 Å². The van der Waals surface area contributed by atoms with Crippen LogP contribution in [0.25, 0.3) is 6.08 Å². The quantitative estimate of drug-likeness (QED) is 0.523. The number of aromatic nitrogens is 1. The second-order valence-electron chi connectivity index (χ2n) is 7.05. The molecule has 0 radical (unpaired) electrons. The molecular formula is C22H21FN4O2S2. The van der Waals surface area contributed by atoms with Gasteiger partial charge in [0.2, 0.25) is 0 Å². The number of likely N-dealkylation sites (N-methyl/N-ethyl adjacent to an activating group) is 1. The van der Waals surface area contributed by atoms with Crippen LogP contribution in [0.2, 0.25) is 0 Å². The van der Waals surface area contributed by atoms with Crippen LogP contribution in [0.4, 0.5) is 10.2 Å². The standard InChI is InChI=1S/C22H21FN4O2S2/c1-4-9-27-19(25-12-14-5-7-15(23)8-6-14)16(13(2)17(11-24)20(27)28)10-18-21(29)26(3)22(30)31-18/h5-8,10,25H,4,9,12H2,1-3H3/b18-10+. The van der Waals surface area contributed by atoms with Gasteiger partial charge in [-0.15, -0.1) is 0 Å². The van der Waals surface area contributed by atoms with Crippen LogP contribution in [0.1, 0.15) is 35.6 Å². The molecule has 1 N–H and O–H groups in total. The summed E-state index contributed by atoms with van der Waals surface area (Å²) < 4.78 is 15.2. The third kappa shape index (κ3) is 4.55. The summed E-state index contributed by atoms with van der Waals surface area (Å²) in [4.78, 5) is 27.3. The maximum atomic E-state index is 13.2. The molecule has 160 valence electrons. The van der Waals surface area contributed by atoms with E-state index in [1.165, 1.54) is 33.4 Å². The van der Waals surface area contributed by atoms with Gasteiger partial charge in [-0.25, -0.2) is 4.39 Å². The molecule has 1 aliphatic rings. The molecule has 0 unspecified atom stereocenters. The second kappa shape index (κ2) is 9.45. The number of carbonyl (C=O) groups excluding carboxylic acids is 1. The van der Waals surface area contributed by atoms with Crippen molar-refractivity contribution < 1.29 is 9.18 Å². The van der Waals surface area contributed by atoms with Gasteiger partial charge in [-0.1, -0.05) is 43.0 Å². The van der Waals surface area contributed by atoms with Crippen LogP contribution in [0.15, 0.2) is 34.0 Å². The van der Waals surface area contributed by atoms with Crippen LogP contribution in [-0.2, 0) is 17.9 Å². The fourth-order valence-corrected chi connectivity index (χ4v) is 4.42. The first-order valence-corrected chi connectivity index (χ1v) is 10.9. The third-order valence-corrected chi connectivity index (χ3v) is 6.44. The van der Waals surface area contributed by atoms with Gasteiger partial charge in [-0.2, -0.15) is 5.26 Å². The lowest BCUT2D eigenvalue weighted by molar-refractivity contribution is -0.121. The van der Waals surface area contributed by atoms with Gasteiger partial charge in [0, 0.05) is 25.7 Å². The van der Waals surface area contributed by atoms with Crippen LogP contribution < -0.4 is 10.9 Å². The van der Waals surface area contributed by atoms with Crippen LogP contribution >= 0.6 is 24.0 Å². The average Bonchev–Trinajstić information content (AvgIpc) is 2.99. The summed E-state index contributed by atoms with van der Waals surface area (Å²) in [6.07, 6.45) is 2.35. The lowest BCUT2D eigenvalue weighted by atomic mass is 10.0. The van der Waals surface area contributed by atoms with Gasteiger partial charge in [0.25, 0.3) is 11.5 Å². The Hall–Kier alpha value is -2.96. The Labute approximate surface area is 189 Å². The number of benzene rings is 1. The number of carbonyl (C=O) groups is 1. The van der Waals surface area contributed by atoms with Crippen molar-refractivity contribution >= 4 is 46.1 Å². The molecule has 0 aliphatic carbocycles. The zero-order valence-corrected chi connectivity index (χ0v) is 19.0. The zero-order valence-electron chi connectivity index (χ0n) is 17.4. The van der Waals surface area contributed by atoms with Crippen molar-refractivity contribution in [2.75, 3.05) is 12.4 Å². The lowest BCUT2D eigenvalue weighted by Gasteiger charge is -2.20. The summed E-state index contributed by atoms with van der Waals surface area (Å²) in [6, 6.07) is 8.05. The maximum Gasteiger partial charge on any atom is 0.270 e. The molecule has 1 saturated heterocycles. The molecule has 9 heteroatoms. The van der Waals surface area contributed by atoms with Crippen LogP contribution in [-0.4, -0.2) is 26.7 Å². The molecular weight excluding hydrogens is 435 g/mol. The molecule has 1 amide bonds. The predicted octanol–water partition coefficient (Wildman–Crippen LogP) is 4.02. The number of thiocarbonyl (C=S) groups is 1. The summed E-state index contributed by atoms with van der Waals surface area (Å²) in [5.74, 6) is -0.0529. The number of anilines is 1. The number of amides is 1. The van der Waals surface area contributed by atoms with Crippen molar-refractivity contribution in [2.45, 2.75) is 33.4 Å². The van der Waals surface area contributed by atoms with Crippen molar-refractivity contribution in [3.63, 3.8) is 0 Å². The lowest BCUT2D eigenvalue weighted by Crippen LogP contribution is -2.28. The predicted molar refractivity (Wildman–Crippen MR) is 125 cm³/mol. The molecule has 0 bridgehead atoms. The number of rotatable bonds is 6. The Morgan fingerprint density at radius 2 is 1.97 bits per heavy atom. The summed E-state index contributed by atoms with van der Waals surface area (Å²) >= 11 is 6.39. The fraction of sp³-hybridized carbons (Fsp3) is 0.273. The molecule has 1 aromatic carbocycles. The third-order valence-electron chi connectivity index (χ3n) is 4.96. The number of hydrogen-bond donors (Lipinski definition) is 1.